The second kappa shape index (κ2) is 42.8. The standard InChI is InChI=1S/C37H60N7O13P.C28H45N6O11P/c1-20(2)12-28(41-35(51)30-10-9-11-44(30)24(6)46)31(47)14-25(13-26-16-39-19-40-26)34(50)42-29(17-45)32(48)15-27(33(38)49)23(5)57-58(54,18-21(3)36(52)55-7)43-22(4)37(53)56-8;1-15(2)8-21(32-28(41)23-6-5-7-34(23)17(4)36)24(37)10-18(9-19-12-30-14-31-19)27(40)33-22(13-35)25(38)11-20(26(29)39)16(3)45-46(42,43)44/h16,19-23,25,27-30,45H,9-15,17-18H2,1-8H3,(H2,38,49)(H,39,40)(H,41,51)(H,42,50)(H,43,54);12,14-16,18,20-23,35H,5-11,13H2,1-4H3,(H2,29,39)(H,30,31)(H,32,41)(H,33,40)(H2,42,43,44)/t21-,22+,23-,25-,27+,28+,29+,30+,58?;16-,18-,20+,21+,22+,23+/m11/s1. The first-order valence-electron chi connectivity index (χ1n) is 34.2. The smallest absolute Gasteiger partial charge is 0.469 e. The third-order valence-corrected chi connectivity index (χ3v) is 20.7. The van der Waals surface area contributed by atoms with Gasteiger partial charge in [0.2, 0.25) is 47.3 Å². The van der Waals surface area contributed by atoms with Crippen LogP contribution in [0.3, 0.4) is 0 Å². The first-order valence-corrected chi connectivity index (χ1v) is 37.5. The molecule has 39 heteroatoms. The minimum absolute atomic E-state index is 0.0202. The van der Waals surface area contributed by atoms with Crippen molar-refractivity contribution in [3.05, 3.63) is 36.4 Å². The first kappa shape index (κ1) is 90.2. The van der Waals surface area contributed by atoms with E-state index in [2.05, 4.69) is 55.6 Å². The lowest BCUT2D eigenvalue weighted by Crippen LogP contribution is -2.52. The number of aliphatic hydroxyl groups is 2. The van der Waals surface area contributed by atoms with E-state index < -0.39 is 202 Å². The van der Waals surface area contributed by atoms with Gasteiger partial charge < -0.3 is 86.5 Å². The van der Waals surface area contributed by atoms with Crippen molar-refractivity contribution in [2.75, 3.05) is 46.7 Å². The van der Waals surface area contributed by atoms with Crippen LogP contribution >= 0.6 is 15.3 Å². The Balaban J connectivity index is 0.000000555. The summed E-state index contributed by atoms with van der Waals surface area (Å²) in [4.78, 5) is 216. The van der Waals surface area contributed by atoms with Gasteiger partial charge in [0.15, 0.2) is 23.1 Å². The van der Waals surface area contributed by atoms with Crippen molar-refractivity contribution in [1.82, 2.24) is 56.1 Å². The molecule has 2 aromatic heterocycles. The molecule has 104 heavy (non-hydrogen) atoms. The number of imidazole rings is 2. The zero-order chi connectivity index (χ0) is 78.7. The molecule has 15 atom stereocenters. The minimum atomic E-state index is -5.03. The summed E-state index contributed by atoms with van der Waals surface area (Å²) in [6.07, 6.45) is 2.78. The normalized spacial score (nSPS) is 18.6. The van der Waals surface area contributed by atoms with Crippen molar-refractivity contribution in [2.45, 2.75) is 201 Å². The number of amides is 8. The first-order chi connectivity index (χ1) is 48.6. The van der Waals surface area contributed by atoms with E-state index in [1.54, 1.807) is 0 Å². The molecule has 0 aliphatic carbocycles. The number of esters is 2. The van der Waals surface area contributed by atoms with Gasteiger partial charge in [-0.1, -0.05) is 34.6 Å². The largest absolute Gasteiger partial charge is 0.469 e. The van der Waals surface area contributed by atoms with Crippen LogP contribution in [-0.4, -0.2) is 233 Å². The number of primary amides is 2. The number of nitrogens with two attached hydrogens (primary N) is 2. The minimum Gasteiger partial charge on any atom is -0.469 e. The van der Waals surface area contributed by atoms with Crippen molar-refractivity contribution < 1.29 is 115 Å². The zero-order valence-electron chi connectivity index (χ0n) is 60.9. The van der Waals surface area contributed by atoms with Crippen molar-refractivity contribution in [3.63, 3.8) is 0 Å². The van der Waals surface area contributed by atoms with E-state index in [-0.39, 0.29) is 62.2 Å². The summed E-state index contributed by atoms with van der Waals surface area (Å²) >= 11 is 0. The summed E-state index contributed by atoms with van der Waals surface area (Å²) in [6.45, 7) is 14.4. The monoisotopic (exact) mass is 1510 g/mol. The van der Waals surface area contributed by atoms with Gasteiger partial charge in [0.05, 0.1) is 100 Å². The molecule has 4 rings (SSSR count). The van der Waals surface area contributed by atoms with Gasteiger partial charge in [-0.2, -0.15) is 0 Å². The van der Waals surface area contributed by atoms with Gasteiger partial charge in [0.25, 0.3) is 7.52 Å². The molecule has 0 radical (unpaired) electrons. The van der Waals surface area contributed by atoms with E-state index in [0.717, 1.165) is 21.1 Å². The van der Waals surface area contributed by atoms with E-state index in [4.69, 9.17) is 30.5 Å². The number of aliphatic hydroxyl groups excluding tert-OH is 2. The van der Waals surface area contributed by atoms with Crippen LogP contribution in [0.4, 0.5) is 0 Å². The van der Waals surface area contributed by atoms with Crippen molar-refractivity contribution in [3.8, 4) is 0 Å². The number of phosphoric ester groups is 1. The van der Waals surface area contributed by atoms with Crippen LogP contribution in [0.1, 0.15) is 145 Å². The number of Topliss-reactive ketones (excluding diaryl/α,β-unsaturated/α-hetero) is 4. The Kier molecular flexibility index (Phi) is 37.1. The Bertz CT molecular complexity index is 3340. The Labute approximate surface area is 603 Å². The number of ketones is 4. The van der Waals surface area contributed by atoms with Crippen molar-refractivity contribution >= 4 is 97.7 Å². The second-order valence-corrected chi connectivity index (χ2v) is 30.4. The highest BCUT2D eigenvalue weighted by Gasteiger charge is 2.43. The average Bonchev–Trinajstić information content (AvgIpc) is 1.06. The molecule has 2 aliphatic rings. The molecule has 0 spiro atoms. The van der Waals surface area contributed by atoms with E-state index in [1.807, 2.05) is 27.7 Å². The van der Waals surface area contributed by atoms with Crippen LogP contribution in [0.15, 0.2) is 25.0 Å². The number of methoxy groups -OCH3 is 2. The number of ether oxygens (including phenoxy) is 2. The number of rotatable bonds is 44. The molecule has 584 valence electrons. The van der Waals surface area contributed by atoms with Crippen molar-refractivity contribution in [1.29, 1.82) is 0 Å². The van der Waals surface area contributed by atoms with Gasteiger partial charge in [-0.25, -0.2) is 19.6 Å². The molecule has 0 aromatic carbocycles. The maximum absolute atomic E-state index is 14.0. The zero-order valence-corrected chi connectivity index (χ0v) is 62.6. The molecule has 1 unspecified atom stereocenters. The van der Waals surface area contributed by atoms with Gasteiger partial charge in [-0.15, -0.1) is 0 Å². The Morgan fingerprint density at radius 3 is 1.26 bits per heavy atom. The van der Waals surface area contributed by atoms with Crippen LogP contribution in [0.25, 0.3) is 0 Å². The summed E-state index contributed by atoms with van der Waals surface area (Å²) < 4.78 is 44.9. The van der Waals surface area contributed by atoms with Crippen LogP contribution < -0.4 is 37.8 Å². The third-order valence-electron chi connectivity index (χ3n) is 17.6. The summed E-state index contributed by atoms with van der Waals surface area (Å²) in [6, 6.07) is -7.73. The number of aromatic nitrogens is 4. The van der Waals surface area contributed by atoms with Crippen LogP contribution in [0.5, 0.6) is 0 Å². The van der Waals surface area contributed by atoms with E-state index in [0.29, 0.717) is 50.2 Å². The van der Waals surface area contributed by atoms with Crippen molar-refractivity contribution in [2.24, 2.45) is 52.9 Å². The maximum Gasteiger partial charge on any atom is 0.469 e. The number of hydrogen-bond acceptors (Lipinski definition) is 24. The molecule has 2 aromatic rings. The van der Waals surface area contributed by atoms with E-state index in [1.165, 1.54) is 69.5 Å². The summed E-state index contributed by atoms with van der Waals surface area (Å²) in [7, 11) is -6.97. The average molecular weight is 1510 g/mol. The molecule has 15 N–H and O–H groups in total. The molecule has 8 amide bonds. The Morgan fingerprint density at radius 2 is 0.942 bits per heavy atom. The lowest BCUT2D eigenvalue weighted by molar-refractivity contribution is -0.144. The molecular formula is C65H105N13O24P2. The molecule has 2 saturated heterocycles. The van der Waals surface area contributed by atoms with Gasteiger partial charge in [0, 0.05) is 89.2 Å². The highest BCUT2D eigenvalue weighted by molar-refractivity contribution is 7.57. The van der Waals surface area contributed by atoms with Gasteiger partial charge >= 0.3 is 19.8 Å². The van der Waals surface area contributed by atoms with Gasteiger partial charge in [-0.05, 0) is 71.1 Å². The predicted molar refractivity (Wildman–Crippen MR) is 368 cm³/mol. The Morgan fingerprint density at radius 1 is 0.567 bits per heavy atom. The van der Waals surface area contributed by atoms with Crippen LogP contribution in [0.2, 0.25) is 0 Å². The molecule has 2 aliphatic heterocycles. The third kappa shape index (κ3) is 29.5. The maximum atomic E-state index is 14.0. The molecule has 37 nitrogen and oxygen atoms in total. The quantitative estimate of drug-likeness (QED) is 0.0287. The fraction of sp³-hybridized carbons (Fsp3) is 0.692. The predicted octanol–water partition coefficient (Wildman–Crippen LogP) is -0.729. The molecule has 2 fully saturated rings. The number of likely N-dealkylation sites (tertiary alicyclic amines) is 2. The van der Waals surface area contributed by atoms with E-state index in [9.17, 15) is 86.5 Å². The topological polar surface area (TPSA) is 567 Å². The van der Waals surface area contributed by atoms with Gasteiger partial charge in [0.1, 0.15) is 30.2 Å². The lowest BCUT2D eigenvalue weighted by Gasteiger charge is -2.30. The van der Waals surface area contributed by atoms with Crippen LogP contribution in [0, 0.1) is 41.4 Å². The Hall–Kier alpha value is -8.02. The van der Waals surface area contributed by atoms with Gasteiger partial charge in [-0.3, -0.25) is 76.2 Å². The molecule has 0 bridgehead atoms. The number of nitrogens with zero attached hydrogens (tertiary/aromatic N) is 4. The fourth-order valence-electron chi connectivity index (χ4n) is 12.1. The molecular weight excluding hydrogens is 1410 g/mol. The fourth-order valence-corrected chi connectivity index (χ4v) is 15.2. The number of carbonyl (C=O) groups excluding carboxylic acids is 14. The number of hydrogen-bond donors (Lipinski definition) is 13. The number of nitrogens with one attached hydrogen (secondary N) is 7. The molecule has 4 heterocycles. The lowest BCUT2D eigenvalue weighted by atomic mass is 9.89. The number of H-pyrrole nitrogens is 2. The highest BCUT2D eigenvalue weighted by atomic mass is 31.2. The number of aromatic amines is 2. The molecule has 0 saturated carbocycles. The summed E-state index contributed by atoms with van der Waals surface area (Å²) in [5, 5.41) is 33.1. The SMILES string of the molecule is CC(=O)N1CCC[C@H]1C(=O)N[C@@H](CC(C)C)C(=O)C[C@@H](Cc1cnc[nH]1)C(=O)N[C@@H](CO)C(=O)C[C@H](C(N)=O)[C@@H](C)OP(=O)(O)O.COC(=O)[C@H](C)CP(=O)(N[C@@H](C)C(=O)OC)O[C@H](C)[C@H](CC(=O)[C@H](CO)NC(=O)[C@@H](CC(=O)[C@H](CC(C)C)NC(=O)[C@@H]1CCCN1C(C)=O)Cc1cnc[nH]1)C(N)=O. The second-order valence-electron chi connectivity index (χ2n) is 27.0. The number of carbonyl (C=O) groups is 14. The van der Waals surface area contributed by atoms with Crippen LogP contribution in [-0.2, 0) is 108 Å². The number of phosphoric acid groups is 1. The summed E-state index contributed by atoms with van der Waals surface area (Å²) in [5.41, 5.74) is 11.9. The van der Waals surface area contributed by atoms with E-state index >= 15 is 0 Å². The summed E-state index contributed by atoms with van der Waals surface area (Å²) in [5.74, 6) is -15.6. The highest BCUT2D eigenvalue weighted by Crippen LogP contribution is 2.48.